The minimum atomic E-state index is -0.856. The standard InChI is InChI=1S/C18H25ClN2O3/c1-4-17(20-12(3)22)15-10-16(19)11(2)9-14(15)13-5-7-21(8-6-13)18(23)24/h9-10,13,17H,4-8H2,1-3H3,(H,20,22)(H,23,24). The van der Waals surface area contributed by atoms with Gasteiger partial charge in [-0.1, -0.05) is 24.6 Å². The first-order valence-electron chi connectivity index (χ1n) is 8.38. The van der Waals surface area contributed by atoms with Gasteiger partial charge in [-0.15, -0.1) is 0 Å². The van der Waals surface area contributed by atoms with Crippen molar-refractivity contribution in [1.82, 2.24) is 10.2 Å². The molecule has 0 spiro atoms. The van der Waals surface area contributed by atoms with Crippen molar-refractivity contribution in [2.45, 2.75) is 52.0 Å². The van der Waals surface area contributed by atoms with E-state index in [9.17, 15) is 9.59 Å². The Labute approximate surface area is 148 Å². The highest BCUT2D eigenvalue weighted by Crippen LogP contribution is 2.36. The maximum atomic E-state index is 11.5. The third kappa shape index (κ3) is 4.20. The molecule has 1 aromatic carbocycles. The molecule has 132 valence electrons. The van der Waals surface area contributed by atoms with Crippen molar-refractivity contribution in [2.75, 3.05) is 13.1 Å². The van der Waals surface area contributed by atoms with E-state index in [4.69, 9.17) is 16.7 Å². The van der Waals surface area contributed by atoms with Gasteiger partial charge in [0.15, 0.2) is 0 Å². The lowest BCUT2D eigenvalue weighted by Gasteiger charge is -2.33. The Hall–Kier alpha value is -1.75. The number of nitrogens with one attached hydrogen (secondary N) is 1. The zero-order chi connectivity index (χ0) is 17.9. The zero-order valence-corrected chi connectivity index (χ0v) is 15.2. The number of benzene rings is 1. The molecule has 1 aromatic rings. The van der Waals surface area contributed by atoms with Gasteiger partial charge in [0, 0.05) is 25.0 Å². The van der Waals surface area contributed by atoms with Crippen molar-refractivity contribution >= 4 is 23.6 Å². The Bertz CT molecular complexity index is 625. The summed E-state index contributed by atoms with van der Waals surface area (Å²) in [6.45, 7) is 6.60. The number of hydrogen-bond donors (Lipinski definition) is 2. The highest BCUT2D eigenvalue weighted by molar-refractivity contribution is 6.31. The largest absolute Gasteiger partial charge is 0.465 e. The van der Waals surface area contributed by atoms with E-state index in [1.54, 1.807) is 0 Å². The van der Waals surface area contributed by atoms with Crippen molar-refractivity contribution in [3.8, 4) is 0 Å². The van der Waals surface area contributed by atoms with Crippen LogP contribution in [0.4, 0.5) is 4.79 Å². The lowest BCUT2D eigenvalue weighted by molar-refractivity contribution is -0.119. The van der Waals surface area contributed by atoms with E-state index in [2.05, 4.69) is 11.4 Å². The fraction of sp³-hybridized carbons (Fsp3) is 0.556. The molecule has 1 saturated heterocycles. The molecule has 1 aliphatic heterocycles. The number of carboxylic acid groups (broad SMARTS) is 1. The number of halogens is 1. The summed E-state index contributed by atoms with van der Waals surface area (Å²) in [5.74, 6) is 0.222. The van der Waals surface area contributed by atoms with Crippen LogP contribution in [0.1, 0.15) is 61.8 Å². The Morgan fingerprint density at radius 1 is 1.38 bits per heavy atom. The molecule has 1 aliphatic rings. The van der Waals surface area contributed by atoms with E-state index in [0.717, 1.165) is 30.4 Å². The topological polar surface area (TPSA) is 69.6 Å². The molecule has 1 unspecified atom stereocenters. The third-order valence-electron chi connectivity index (χ3n) is 4.73. The van der Waals surface area contributed by atoms with Gasteiger partial charge in [-0.25, -0.2) is 4.79 Å². The van der Waals surface area contributed by atoms with E-state index in [1.165, 1.54) is 17.4 Å². The molecule has 5 nitrogen and oxygen atoms in total. The van der Waals surface area contributed by atoms with Gasteiger partial charge in [-0.05, 0) is 54.9 Å². The van der Waals surface area contributed by atoms with Crippen molar-refractivity contribution < 1.29 is 14.7 Å². The number of carbonyl (C=O) groups excluding carboxylic acids is 1. The molecule has 1 fully saturated rings. The number of piperidine rings is 1. The maximum absolute atomic E-state index is 11.5. The van der Waals surface area contributed by atoms with Crippen molar-refractivity contribution in [3.63, 3.8) is 0 Å². The Balaban J connectivity index is 2.33. The Morgan fingerprint density at radius 2 is 2.00 bits per heavy atom. The van der Waals surface area contributed by atoms with Crippen LogP contribution in [0.15, 0.2) is 12.1 Å². The molecule has 0 aromatic heterocycles. The van der Waals surface area contributed by atoms with Gasteiger partial charge in [-0.2, -0.15) is 0 Å². The lowest BCUT2D eigenvalue weighted by Crippen LogP contribution is -2.37. The summed E-state index contributed by atoms with van der Waals surface area (Å²) < 4.78 is 0. The predicted molar refractivity (Wildman–Crippen MR) is 94.6 cm³/mol. The van der Waals surface area contributed by atoms with Crippen LogP contribution in [0.5, 0.6) is 0 Å². The molecule has 1 atom stereocenters. The molecule has 2 amide bonds. The number of carbonyl (C=O) groups is 2. The van der Waals surface area contributed by atoms with E-state index in [1.807, 2.05) is 19.9 Å². The van der Waals surface area contributed by atoms with Gasteiger partial charge < -0.3 is 15.3 Å². The molecular formula is C18H25ClN2O3. The fourth-order valence-electron chi connectivity index (χ4n) is 3.40. The second kappa shape index (κ2) is 7.88. The van der Waals surface area contributed by atoms with Crippen LogP contribution in [-0.2, 0) is 4.79 Å². The highest BCUT2D eigenvalue weighted by Gasteiger charge is 2.27. The summed E-state index contributed by atoms with van der Waals surface area (Å²) in [4.78, 5) is 24.1. The summed E-state index contributed by atoms with van der Waals surface area (Å²) in [6.07, 6.45) is 1.50. The summed E-state index contributed by atoms with van der Waals surface area (Å²) in [5, 5.41) is 12.8. The molecule has 24 heavy (non-hydrogen) atoms. The third-order valence-corrected chi connectivity index (χ3v) is 5.14. The van der Waals surface area contributed by atoms with Crippen LogP contribution in [0.3, 0.4) is 0 Å². The molecule has 1 heterocycles. The van der Waals surface area contributed by atoms with Crippen LogP contribution in [-0.4, -0.2) is 35.1 Å². The minimum absolute atomic E-state index is 0.0646. The molecule has 6 heteroatoms. The Kier molecular flexibility index (Phi) is 6.10. The highest BCUT2D eigenvalue weighted by atomic mass is 35.5. The first-order chi connectivity index (χ1) is 11.3. The number of rotatable bonds is 4. The number of hydrogen-bond acceptors (Lipinski definition) is 2. The predicted octanol–water partition coefficient (Wildman–Crippen LogP) is 4.09. The molecule has 0 bridgehead atoms. The van der Waals surface area contributed by atoms with Crippen LogP contribution >= 0.6 is 11.6 Å². The summed E-state index contributed by atoms with van der Waals surface area (Å²) in [7, 11) is 0. The van der Waals surface area contributed by atoms with Gasteiger partial charge in [0.05, 0.1) is 6.04 Å². The van der Waals surface area contributed by atoms with Gasteiger partial charge in [0.2, 0.25) is 5.91 Å². The van der Waals surface area contributed by atoms with Crippen LogP contribution in [0, 0.1) is 6.92 Å². The second-order valence-electron chi connectivity index (χ2n) is 6.44. The quantitative estimate of drug-likeness (QED) is 0.857. The smallest absolute Gasteiger partial charge is 0.407 e. The van der Waals surface area contributed by atoms with Crippen molar-refractivity contribution in [3.05, 3.63) is 33.8 Å². The first kappa shape index (κ1) is 18.6. The second-order valence-corrected chi connectivity index (χ2v) is 6.84. The molecule has 0 radical (unpaired) electrons. The molecule has 0 saturated carbocycles. The van der Waals surface area contributed by atoms with Crippen molar-refractivity contribution in [2.24, 2.45) is 0 Å². The number of likely N-dealkylation sites (tertiary alicyclic amines) is 1. The molecule has 0 aliphatic carbocycles. The SMILES string of the molecule is CCC(NC(C)=O)c1cc(Cl)c(C)cc1C1CCN(C(=O)O)CC1. The zero-order valence-electron chi connectivity index (χ0n) is 14.4. The molecular weight excluding hydrogens is 328 g/mol. The van der Waals surface area contributed by atoms with E-state index < -0.39 is 6.09 Å². The average molecular weight is 353 g/mol. The van der Waals surface area contributed by atoms with Gasteiger partial charge in [0.1, 0.15) is 0 Å². The van der Waals surface area contributed by atoms with E-state index >= 15 is 0 Å². The lowest BCUT2D eigenvalue weighted by atomic mass is 9.83. The first-order valence-corrected chi connectivity index (χ1v) is 8.76. The van der Waals surface area contributed by atoms with E-state index in [0.29, 0.717) is 18.1 Å². The normalized spacial score (nSPS) is 16.8. The fourth-order valence-corrected chi connectivity index (χ4v) is 3.57. The average Bonchev–Trinajstić information content (AvgIpc) is 2.54. The van der Waals surface area contributed by atoms with Gasteiger partial charge in [-0.3, -0.25) is 4.79 Å². The monoisotopic (exact) mass is 352 g/mol. The molecule has 2 rings (SSSR count). The maximum Gasteiger partial charge on any atom is 0.407 e. The van der Waals surface area contributed by atoms with E-state index in [-0.39, 0.29) is 17.9 Å². The van der Waals surface area contributed by atoms with Crippen LogP contribution in [0.2, 0.25) is 5.02 Å². The van der Waals surface area contributed by atoms with Crippen LogP contribution < -0.4 is 5.32 Å². The van der Waals surface area contributed by atoms with Crippen LogP contribution in [0.25, 0.3) is 0 Å². The minimum Gasteiger partial charge on any atom is -0.465 e. The van der Waals surface area contributed by atoms with Crippen molar-refractivity contribution in [1.29, 1.82) is 0 Å². The summed E-state index contributed by atoms with van der Waals surface area (Å²) in [5.41, 5.74) is 3.24. The number of nitrogens with zero attached hydrogens (tertiary/aromatic N) is 1. The summed E-state index contributed by atoms with van der Waals surface area (Å²) >= 11 is 6.33. The number of aryl methyl sites for hydroxylation is 1. The van der Waals surface area contributed by atoms with Gasteiger partial charge in [0.25, 0.3) is 0 Å². The molecule has 2 N–H and O–H groups in total. The van der Waals surface area contributed by atoms with Gasteiger partial charge >= 0.3 is 6.09 Å². The number of amides is 2. The Morgan fingerprint density at radius 3 is 2.50 bits per heavy atom. The summed E-state index contributed by atoms with van der Waals surface area (Å²) in [6, 6.07) is 3.98.